The van der Waals surface area contributed by atoms with Gasteiger partial charge in [-0.3, -0.25) is 0 Å². The molecule has 0 bridgehead atoms. The lowest BCUT2D eigenvalue weighted by molar-refractivity contribution is -0.110. The first-order chi connectivity index (χ1) is 8.61. The van der Waals surface area contributed by atoms with Crippen molar-refractivity contribution in [3.8, 4) is 0 Å². The molecule has 1 aliphatic rings. The Kier molecular flexibility index (Phi) is 6.86. The third kappa shape index (κ3) is 4.69. The zero-order valence-electron chi connectivity index (χ0n) is 11.3. The Morgan fingerprint density at radius 3 is 2.50 bits per heavy atom. The van der Waals surface area contributed by atoms with E-state index in [-0.39, 0.29) is 5.75 Å². The fourth-order valence-electron chi connectivity index (χ4n) is 2.43. The Bertz CT molecular complexity index is 340. The summed E-state index contributed by atoms with van der Waals surface area (Å²) in [5, 5.41) is 0. The molecular formula is C13H25NO3S. The van der Waals surface area contributed by atoms with Crippen molar-refractivity contribution < 1.29 is 13.2 Å². The predicted octanol–water partition coefficient (Wildman–Crippen LogP) is 2.34. The summed E-state index contributed by atoms with van der Waals surface area (Å²) in [5.41, 5.74) is 0. The molecule has 1 atom stereocenters. The van der Waals surface area contributed by atoms with Crippen LogP contribution in [0, 0.1) is 0 Å². The van der Waals surface area contributed by atoms with E-state index in [9.17, 15) is 13.2 Å². The molecule has 0 unspecified atom stereocenters. The average molecular weight is 275 g/mol. The summed E-state index contributed by atoms with van der Waals surface area (Å²) in [4.78, 5) is 10.8. The quantitative estimate of drug-likeness (QED) is 0.479. The molecule has 5 heteroatoms. The van der Waals surface area contributed by atoms with Gasteiger partial charge in [-0.15, -0.1) is 0 Å². The average Bonchev–Trinajstić information content (AvgIpc) is 2.82. The number of carbonyl (C=O) groups is 1. The van der Waals surface area contributed by atoms with E-state index in [1.165, 1.54) is 23.6 Å². The minimum absolute atomic E-state index is 0.198. The molecule has 1 fully saturated rings. The highest BCUT2D eigenvalue weighted by Gasteiger charge is 2.33. The first-order valence-electron chi connectivity index (χ1n) is 7.06. The molecule has 0 N–H and O–H groups in total. The van der Waals surface area contributed by atoms with Crippen molar-refractivity contribution in [1.29, 1.82) is 0 Å². The van der Waals surface area contributed by atoms with Gasteiger partial charge in [0.05, 0.1) is 11.8 Å². The lowest BCUT2D eigenvalue weighted by Gasteiger charge is -2.19. The standard InChI is InChI=1S/C13H25NO3S/c1-2-3-4-5-6-7-11-18(16,17)14-10-8-9-13(14)12-15/h12-13H,2-11H2,1H3/t13-/m0/s1. The summed E-state index contributed by atoms with van der Waals surface area (Å²) >= 11 is 0. The Balaban J connectivity index is 2.29. The van der Waals surface area contributed by atoms with Crippen LogP contribution in [0.25, 0.3) is 0 Å². The van der Waals surface area contributed by atoms with E-state index >= 15 is 0 Å². The molecule has 0 radical (unpaired) electrons. The highest BCUT2D eigenvalue weighted by molar-refractivity contribution is 7.89. The van der Waals surface area contributed by atoms with Gasteiger partial charge in [0.25, 0.3) is 0 Å². The first kappa shape index (κ1) is 15.6. The van der Waals surface area contributed by atoms with E-state index in [0.29, 0.717) is 19.4 Å². The van der Waals surface area contributed by atoms with E-state index in [2.05, 4.69) is 6.92 Å². The van der Waals surface area contributed by atoms with Gasteiger partial charge in [-0.25, -0.2) is 8.42 Å². The molecule has 0 amide bonds. The third-order valence-corrected chi connectivity index (χ3v) is 5.49. The number of hydrogen-bond donors (Lipinski definition) is 0. The molecule has 106 valence electrons. The van der Waals surface area contributed by atoms with Crippen molar-refractivity contribution in [2.75, 3.05) is 12.3 Å². The number of sulfonamides is 1. The van der Waals surface area contributed by atoms with Crippen molar-refractivity contribution in [3.63, 3.8) is 0 Å². The van der Waals surface area contributed by atoms with Crippen LogP contribution in [0.2, 0.25) is 0 Å². The van der Waals surface area contributed by atoms with Crippen LogP contribution in [0.4, 0.5) is 0 Å². The molecule has 1 saturated heterocycles. The Hall–Kier alpha value is -0.420. The smallest absolute Gasteiger partial charge is 0.214 e. The largest absolute Gasteiger partial charge is 0.302 e. The maximum Gasteiger partial charge on any atom is 0.214 e. The van der Waals surface area contributed by atoms with E-state index < -0.39 is 16.1 Å². The van der Waals surface area contributed by atoms with Gasteiger partial charge in [0.2, 0.25) is 10.0 Å². The summed E-state index contributed by atoms with van der Waals surface area (Å²) in [6.45, 7) is 2.68. The summed E-state index contributed by atoms with van der Waals surface area (Å²) < 4.78 is 25.5. The number of aldehydes is 1. The van der Waals surface area contributed by atoms with E-state index in [4.69, 9.17) is 0 Å². The molecule has 1 aliphatic heterocycles. The molecule has 0 spiro atoms. The van der Waals surface area contributed by atoms with E-state index in [1.807, 2.05) is 0 Å². The van der Waals surface area contributed by atoms with E-state index in [1.54, 1.807) is 0 Å². The fourth-order valence-corrected chi connectivity index (χ4v) is 4.21. The highest BCUT2D eigenvalue weighted by atomic mass is 32.2. The van der Waals surface area contributed by atoms with Gasteiger partial charge in [0.1, 0.15) is 6.29 Å². The summed E-state index contributed by atoms with van der Waals surface area (Å²) in [5.74, 6) is 0.198. The van der Waals surface area contributed by atoms with Gasteiger partial charge in [0, 0.05) is 6.54 Å². The van der Waals surface area contributed by atoms with Crippen molar-refractivity contribution >= 4 is 16.3 Å². The molecular weight excluding hydrogens is 250 g/mol. The van der Waals surface area contributed by atoms with Crippen LogP contribution in [0.5, 0.6) is 0 Å². The maximum absolute atomic E-state index is 12.1. The second-order valence-electron chi connectivity index (χ2n) is 5.04. The Labute approximate surface area is 111 Å². The van der Waals surface area contributed by atoms with Crippen LogP contribution < -0.4 is 0 Å². The van der Waals surface area contributed by atoms with Crippen LogP contribution in [-0.4, -0.2) is 37.3 Å². The first-order valence-corrected chi connectivity index (χ1v) is 8.67. The molecule has 4 nitrogen and oxygen atoms in total. The number of hydrogen-bond acceptors (Lipinski definition) is 3. The van der Waals surface area contributed by atoms with Crippen molar-refractivity contribution in [3.05, 3.63) is 0 Å². The Morgan fingerprint density at radius 2 is 1.83 bits per heavy atom. The second-order valence-corrected chi connectivity index (χ2v) is 7.08. The second kappa shape index (κ2) is 7.89. The fraction of sp³-hybridized carbons (Fsp3) is 0.923. The summed E-state index contributed by atoms with van der Waals surface area (Å²) in [7, 11) is -3.21. The van der Waals surface area contributed by atoms with Crippen molar-refractivity contribution in [1.82, 2.24) is 4.31 Å². The Morgan fingerprint density at radius 1 is 1.17 bits per heavy atom. The molecule has 0 saturated carbocycles. The minimum atomic E-state index is -3.21. The number of nitrogens with zero attached hydrogens (tertiary/aromatic N) is 1. The SMILES string of the molecule is CCCCCCCCS(=O)(=O)N1CCC[C@H]1C=O. The molecule has 0 aromatic heterocycles. The molecule has 0 aromatic rings. The van der Waals surface area contributed by atoms with Crippen molar-refractivity contribution in [2.24, 2.45) is 0 Å². The zero-order valence-corrected chi connectivity index (χ0v) is 12.1. The highest BCUT2D eigenvalue weighted by Crippen LogP contribution is 2.20. The summed E-state index contributed by atoms with van der Waals surface area (Å²) in [6.07, 6.45) is 8.67. The molecule has 1 heterocycles. The van der Waals surface area contributed by atoms with Crippen LogP contribution in [0.1, 0.15) is 58.3 Å². The zero-order chi connectivity index (χ0) is 13.4. The van der Waals surface area contributed by atoms with Gasteiger partial charge in [0.15, 0.2) is 0 Å². The van der Waals surface area contributed by atoms with Gasteiger partial charge in [-0.2, -0.15) is 4.31 Å². The van der Waals surface area contributed by atoms with Crippen LogP contribution in [0.15, 0.2) is 0 Å². The van der Waals surface area contributed by atoms with E-state index in [0.717, 1.165) is 25.5 Å². The van der Waals surface area contributed by atoms with Crippen LogP contribution in [0.3, 0.4) is 0 Å². The van der Waals surface area contributed by atoms with Gasteiger partial charge in [-0.05, 0) is 19.3 Å². The predicted molar refractivity (Wildman–Crippen MR) is 73.0 cm³/mol. The topological polar surface area (TPSA) is 54.5 Å². The van der Waals surface area contributed by atoms with Gasteiger partial charge < -0.3 is 4.79 Å². The van der Waals surface area contributed by atoms with Gasteiger partial charge >= 0.3 is 0 Å². The molecule has 0 aliphatic carbocycles. The lowest BCUT2D eigenvalue weighted by Crippen LogP contribution is -2.37. The third-order valence-electron chi connectivity index (χ3n) is 3.52. The van der Waals surface area contributed by atoms with Crippen LogP contribution in [-0.2, 0) is 14.8 Å². The number of unbranched alkanes of at least 4 members (excludes halogenated alkanes) is 5. The monoisotopic (exact) mass is 275 g/mol. The molecule has 1 rings (SSSR count). The van der Waals surface area contributed by atoms with Crippen molar-refractivity contribution in [2.45, 2.75) is 64.3 Å². The number of rotatable bonds is 9. The lowest BCUT2D eigenvalue weighted by atomic mass is 10.1. The minimum Gasteiger partial charge on any atom is -0.302 e. The summed E-state index contributed by atoms with van der Waals surface area (Å²) in [6, 6.07) is -0.407. The molecule has 0 aromatic carbocycles. The van der Waals surface area contributed by atoms with Crippen LogP contribution >= 0.6 is 0 Å². The number of carbonyl (C=O) groups excluding carboxylic acids is 1. The molecule has 18 heavy (non-hydrogen) atoms. The van der Waals surface area contributed by atoms with Gasteiger partial charge in [-0.1, -0.05) is 39.0 Å². The maximum atomic E-state index is 12.1. The normalized spacial score (nSPS) is 21.3.